The smallest absolute Gasteiger partial charge is 0.245 e. The normalized spacial score (nSPS) is 22.0. The van der Waals surface area contributed by atoms with Gasteiger partial charge in [-0.2, -0.15) is 5.10 Å². The predicted octanol–water partition coefficient (Wildman–Crippen LogP) is 5.72. The monoisotopic (exact) mass is 646 g/mol. The lowest BCUT2D eigenvalue weighted by Crippen LogP contribution is -2.49. The van der Waals surface area contributed by atoms with Crippen LogP contribution in [0.5, 0.6) is 0 Å². The molecular formula is C36H47FN6O4. The van der Waals surface area contributed by atoms with Gasteiger partial charge in [-0.3, -0.25) is 23.9 Å². The number of carbonyl (C=O) groups is 4. The van der Waals surface area contributed by atoms with Gasteiger partial charge in [0.15, 0.2) is 5.78 Å². The van der Waals surface area contributed by atoms with Crippen LogP contribution in [0, 0.1) is 12.8 Å². The minimum Gasteiger partial charge on any atom is -0.352 e. The maximum atomic E-state index is 16.4. The molecule has 2 amide bonds. The molecule has 1 N–H and O–H groups in total. The van der Waals surface area contributed by atoms with Crippen LogP contribution in [0.25, 0.3) is 22.0 Å². The number of hydrogen-bond acceptors (Lipinski definition) is 7. The Morgan fingerprint density at radius 2 is 1.72 bits per heavy atom. The van der Waals surface area contributed by atoms with E-state index in [0.717, 1.165) is 48.8 Å². The first-order valence-corrected chi connectivity index (χ1v) is 17.0. The molecule has 10 nitrogen and oxygen atoms in total. The molecule has 2 bridgehead atoms. The molecule has 3 atom stereocenters. The van der Waals surface area contributed by atoms with Gasteiger partial charge in [0.1, 0.15) is 35.6 Å². The topological polar surface area (TPSA) is 127 Å². The number of nitrogens with one attached hydrogen (secondary N) is 1. The maximum Gasteiger partial charge on any atom is 0.245 e. The summed E-state index contributed by atoms with van der Waals surface area (Å²) in [4.78, 5) is 63.3. The Bertz CT molecular complexity index is 1650. The molecule has 2 aromatic heterocycles. The third-order valence-electron chi connectivity index (χ3n) is 9.38. The Hall–Kier alpha value is -4.02. The molecule has 5 rings (SSSR count). The van der Waals surface area contributed by atoms with E-state index in [4.69, 9.17) is 0 Å². The highest BCUT2D eigenvalue weighted by Crippen LogP contribution is 2.37. The molecule has 0 radical (unpaired) electrons. The van der Waals surface area contributed by atoms with Crippen molar-refractivity contribution in [1.82, 2.24) is 30.0 Å². The molecule has 2 aliphatic rings. The molecule has 0 saturated carbocycles. The van der Waals surface area contributed by atoms with Crippen LogP contribution in [-0.2, 0) is 27.3 Å². The highest BCUT2D eigenvalue weighted by Gasteiger charge is 2.49. The Morgan fingerprint density at radius 1 is 1.02 bits per heavy atom. The van der Waals surface area contributed by atoms with E-state index < -0.39 is 23.5 Å². The molecule has 3 aromatic rings. The number of benzene rings is 1. The summed E-state index contributed by atoms with van der Waals surface area (Å²) >= 11 is 0. The zero-order valence-corrected chi connectivity index (χ0v) is 28.3. The molecule has 4 heterocycles. The van der Waals surface area contributed by atoms with E-state index in [1.54, 1.807) is 17.1 Å². The first kappa shape index (κ1) is 34.3. The highest BCUT2D eigenvalue weighted by atomic mass is 19.1. The average Bonchev–Trinajstić information content (AvgIpc) is 3.56. The van der Waals surface area contributed by atoms with Crippen LogP contribution in [0.3, 0.4) is 0 Å². The Morgan fingerprint density at radius 3 is 2.40 bits per heavy atom. The molecule has 11 heteroatoms. The summed E-state index contributed by atoms with van der Waals surface area (Å²) in [5.74, 6) is -0.0910. The van der Waals surface area contributed by atoms with Gasteiger partial charge in [-0.25, -0.2) is 14.4 Å². The van der Waals surface area contributed by atoms with Crippen LogP contribution in [0.1, 0.15) is 107 Å². The van der Waals surface area contributed by atoms with Gasteiger partial charge in [0, 0.05) is 55.6 Å². The number of nitrogens with zero attached hydrogens (tertiary/aromatic N) is 5. The van der Waals surface area contributed by atoms with Crippen molar-refractivity contribution in [2.24, 2.45) is 5.92 Å². The molecule has 1 aromatic carbocycles. The van der Waals surface area contributed by atoms with Crippen molar-refractivity contribution >= 4 is 34.3 Å². The summed E-state index contributed by atoms with van der Waals surface area (Å²) in [5, 5.41) is 8.26. The maximum absolute atomic E-state index is 16.4. The number of fused-ring (bicyclic) bond motifs is 2. The van der Waals surface area contributed by atoms with Gasteiger partial charge < -0.3 is 10.2 Å². The number of aryl methyl sites for hydroxylation is 2. The van der Waals surface area contributed by atoms with Gasteiger partial charge >= 0.3 is 0 Å². The number of halogens is 1. The van der Waals surface area contributed by atoms with Crippen molar-refractivity contribution in [3.05, 3.63) is 41.6 Å². The van der Waals surface area contributed by atoms with E-state index in [1.165, 1.54) is 11.8 Å². The van der Waals surface area contributed by atoms with Crippen molar-refractivity contribution in [3.8, 4) is 11.1 Å². The first-order valence-electron chi connectivity index (χ1n) is 17.0. The summed E-state index contributed by atoms with van der Waals surface area (Å²) < 4.78 is 18.0. The summed E-state index contributed by atoms with van der Waals surface area (Å²) in [6, 6.07) is 2.76. The van der Waals surface area contributed by atoms with Gasteiger partial charge in [-0.15, -0.1) is 0 Å². The second-order valence-electron chi connectivity index (χ2n) is 14.0. The lowest BCUT2D eigenvalue weighted by molar-refractivity contribution is -0.139. The van der Waals surface area contributed by atoms with Gasteiger partial charge in [-0.1, -0.05) is 26.7 Å². The molecular weight excluding hydrogens is 599 g/mol. The Balaban J connectivity index is 1.56. The quantitative estimate of drug-likeness (QED) is 0.340. The van der Waals surface area contributed by atoms with Crippen LogP contribution in [-0.4, -0.2) is 72.3 Å². The number of Topliss-reactive ketones (excluding diaryl/α,β-unsaturated/α-hetero) is 2. The lowest BCUT2D eigenvalue weighted by atomic mass is 9.93. The number of hydrogen-bond donors (Lipinski definition) is 1. The number of rotatable bonds is 6. The Kier molecular flexibility index (Phi) is 10.5. The van der Waals surface area contributed by atoms with E-state index in [-0.39, 0.29) is 55.7 Å². The zero-order valence-electron chi connectivity index (χ0n) is 28.3. The van der Waals surface area contributed by atoms with Crippen molar-refractivity contribution in [2.45, 2.75) is 123 Å². The van der Waals surface area contributed by atoms with Crippen LogP contribution in [0.2, 0.25) is 0 Å². The van der Waals surface area contributed by atoms with Crippen LogP contribution >= 0.6 is 0 Å². The van der Waals surface area contributed by atoms with Crippen molar-refractivity contribution in [2.75, 3.05) is 6.54 Å². The van der Waals surface area contributed by atoms with Crippen LogP contribution < -0.4 is 5.32 Å². The minimum absolute atomic E-state index is 0.00861. The second-order valence-corrected chi connectivity index (χ2v) is 14.0. The SMILES string of the molecule is CC(=O)c1nn2c3c(cc(-c4cnc(C)nc4)cc13)CCCCCCC(=O)CC[C@@]1(F)C[C@@H](C(=O)N[C@H](C)CC(C)C)N(C1)C(=O)C2. The molecule has 0 spiro atoms. The molecule has 0 aliphatic carbocycles. The molecule has 1 fully saturated rings. The van der Waals surface area contributed by atoms with E-state index in [9.17, 15) is 19.2 Å². The number of amides is 2. The number of carbonyl (C=O) groups excluding carboxylic acids is 4. The van der Waals surface area contributed by atoms with E-state index in [1.807, 2.05) is 26.0 Å². The second kappa shape index (κ2) is 14.4. The Labute approximate surface area is 275 Å². The van der Waals surface area contributed by atoms with Gasteiger partial charge in [0.2, 0.25) is 11.8 Å². The fourth-order valence-electron chi connectivity index (χ4n) is 7.10. The summed E-state index contributed by atoms with van der Waals surface area (Å²) in [6.45, 7) is 8.75. The number of aromatic nitrogens is 4. The average molecular weight is 647 g/mol. The van der Waals surface area contributed by atoms with Gasteiger partial charge in [0.05, 0.1) is 12.1 Å². The lowest BCUT2D eigenvalue weighted by Gasteiger charge is -2.26. The standard InChI is InChI=1S/C36H47FN6O4/c1-22(2)14-23(3)40-35(47)31-17-36(37)13-12-29(45)11-9-7-6-8-10-26-15-27(28-18-38-25(5)39-19-28)16-30-33(24(4)44)41-43(34(26)30)20-32(46)42(31)21-36/h15-16,18-19,22-23,31H,6-14,17,20-21H2,1-5H3,(H,40,47)/t23-,31+,36-/m1/s1. The van der Waals surface area contributed by atoms with E-state index in [0.29, 0.717) is 35.5 Å². The summed E-state index contributed by atoms with van der Waals surface area (Å²) in [7, 11) is 0. The molecule has 1 saturated heterocycles. The summed E-state index contributed by atoms with van der Waals surface area (Å²) in [5.41, 5.74) is 1.61. The largest absolute Gasteiger partial charge is 0.352 e. The molecule has 252 valence electrons. The fourth-order valence-corrected chi connectivity index (χ4v) is 7.10. The van der Waals surface area contributed by atoms with Crippen LogP contribution in [0.4, 0.5) is 4.39 Å². The van der Waals surface area contributed by atoms with Gasteiger partial charge in [-0.05, 0) is 75.1 Å². The van der Waals surface area contributed by atoms with Gasteiger partial charge in [0.25, 0.3) is 0 Å². The third-order valence-corrected chi connectivity index (χ3v) is 9.38. The number of ketones is 2. The molecule has 47 heavy (non-hydrogen) atoms. The van der Waals surface area contributed by atoms with E-state index in [2.05, 4.69) is 34.2 Å². The zero-order chi connectivity index (χ0) is 33.9. The highest BCUT2D eigenvalue weighted by molar-refractivity contribution is 6.07. The molecule has 2 aliphatic heterocycles. The van der Waals surface area contributed by atoms with E-state index >= 15 is 4.39 Å². The van der Waals surface area contributed by atoms with Crippen molar-refractivity contribution < 1.29 is 23.6 Å². The first-order chi connectivity index (χ1) is 22.3. The van der Waals surface area contributed by atoms with Crippen LogP contribution in [0.15, 0.2) is 24.5 Å². The predicted molar refractivity (Wildman–Crippen MR) is 178 cm³/mol. The number of alkyl halides is 1. The third kappa shape index (κ3) is 8.11. The van der Waals surface area contributed by atoms with Crippen molar-refractivity contribution in [1.29, 1.82) is 0 Å². The summed E-state index contributed by atoms with van der Waals surface area (Å²) in [6.07, 6.45) is 8.49. The van der Waals surface area contributed by atoms with Crippen molar-refractivity contribution in [3.63, 3.8) is 0 Å². The molecule has 0 unspecified atom stereocenters. The fraction of sp³-hybridized carbons (Fsp3) is 0.583. The minimum atomic E-state index is -1.87.